The molecule has 1 N–H and O–H groups in total. The summed E-state index contributed by atoms with van der Waals surface area (Å²) in [5.41, 5.74) is 0.0534. The third kappa shape index (κ3) is 4.84. The fourth-order valence-electron chi connectivity index (χ4n) is 7.16. The molecule has 226 valence electrons. The van der Waals surface area contributed by atoms with Gasteiger partial charge in [-0.2, -0.15) is 0 Å². The number of unbranched alkanes of at least 4 members (excludes halogenated alkanes) is 1. The second-order valence-electron chi connectivity index (χ2n) is 11.5. The molecule has 9 heteroatoms. The number of hydrogen-bond donors (Lipinski definition) is 1. The van der Waals surface area contributed by atoms with Gasteiger partial charge in [0.05, 0.1) is 37.2 Å². The van der Waals surface area contributed by atoms with Crippen LogP contribution in [0.3, 0.4) is 0 Å². The summed E-state index contributed by atoms with van der Waals surface area (Å²) in [7, 11) is 0. The quantitative estimate of drug-likeness (QED) is 0.453. The summed E-state index contributed by atoms with van der Waals surface area (Å²) >= 11 is 0. The number of rotatable bonds is 9. The summed E-state index contributed by atoms with van der Waals surface area (Å²) in [5, 5.41) is 10.7. The van der Waals surface area contributed by atoms with Gasteiger partial charge in [-0.3, -0.25) is 14.4 Å². The van der Waals surface area contributed by atoms with Crippen LogP contribution in [0.15, 0.2) is 78.9 Å². The molecule has 4 aliphatic rings. The van der Waals surface area contributed by atoms with Crippen LogP contribution in [0.5, 0.6) is 5.75 Å². The normalized spacial score (nSPS) is 28.8. The monoisotopic (exact) mass is 585 g/mol. The van der Waals surface area contributed by atoms with Crippen LogP contribution in [0.4, 0.5) is 5.69 Å². The molecule has 2 aromatic carbocycles. The maximum absolute atomic E-state index is 14.7. The first-order chi connectivity index (χ1) is 20.9. The maximum Gasteiger partial charge on any atom is 0.249 e. The molecular weight excluding hydrogens is 546 g/mol. The Bertz CT molecular complexity index is 1410. The van der Waals surface area contributed by atoms with E-state index in [0.29, 0.717) is 43.2 Å². The van der Waals surface area contributed by atoms with E-state index >= 15 is 0 Å². The molecule has 1 unspecified atom stereocenters. The SMILES string of the molecule is CCCCN1CC=C[C@]23O[C@H]4C=CCN(c5ccc(OCC)cc5)C(=O)[C@H]4[C@H]2C(=O)N([C@H](CO)c2ccccc2)C3C1=O. The van der Waals surface area contributed by atoms with Crippen molar-refractivity contribution in [3.63, 3.8) is 0 Å². The van der Waals surface area contributed by atoms with Crippen LogP contribution in [0.25, 0.3) is 0 Å². The van der Waals surface area contributed by atoms with Gasteiger partial charge in [0.1, 0.15) is 17.4 Å². The van der Waals surface area contributed by atoms with Crippen LogP contribution in [0, 0.1) is 11.8 Å². The second kappa shape index (κ2) is 12.0. The molecule has 0 radical (unpaired) electrons. The van der Waals surface area contributed by atoms with E-state index in [2.05, 4.69) is 6.92 Å². The zero-order valence-corrected chi connectivity index (χ0v) is 24.7. The third-order valence-corrected chi connectivity index (χ3v) is 9.11. The lowest BCUT2D eigenvalue weighted by Crippen LogP contribution is -2.56. The van der Waals surface area contributed by atoms with E-state index in [4.69, 9.17) is 9.47 Å². The lowest BCUT2D eigenvalue weighted by Gasteiger charge is -2.38. The molecule has 0 saturated carbocycles. The zero-order valence-electron chi connectivity index (χ0n) is 24.7. The molecule has 0 aliphatic carbocycles. The van der Waals surface area contributed by atoms with Crippen LogP contribution in [0.2, 0.25) is 0 Å². The van der Waals surface area contributed by atoms with Crippen LogP contribution >= 0.6 is 0 Å². The Kier molecular flexibility index (Phi) is 8.11. The average Bonchev–Trinajstić information content (AvgIpc) is 3.34. The summed E-state index contributed by atoms with van der Waals surface area (Å²) in [6, 6.07) is 14.8. The number of nitrogens with zero attached hydrogens (tertiary/aromatic N) is 3. The number of fused-ring (bicyclic) bond motifs is 2. The fourth-order valence-corrected chi connectivity index (χ4v) is 7.16. The predicted octanol–water partition coefficient (Wildman–Crippen LogP) is 3.50. The van der Waals surface area contributed by atoms with Crippen molar-refractivity contribution in [3.05, 3.63) is 84.5 Å². The van der Waals surface area contributed by atoms with E-state index in [1.54, 1.807) is 9.80 Å². The smallest absolute Gasteiger partial charge is 0.249 e. The number of hydrogen-bond acceptors (Lipinski definition) is 6. The van der Waals surface area contributed by atoms with Gasteiger partial charge in [0.25, 0.3) is 0 Å². The summed E-state index contributed by atoms with van der Waals surface area (Å²) in [6.07, 6.45) is 8.56. The van der Waals surface area contributed by atoms with E-state index in [1.807, 2.05) is 85.8 Å². The number of carbonyl (C=O) groups is 3. The molecule has 2 aromatic rings. The molecule has 2 fully saturated rings. The van der Waals surface area contributed by atoms with Crippen LogP contribution in [-0.4, -0.2) is 83.2 Å². The number of benzene rings is 2. The minimum absolute atomic E-state index is 0.222. The molecule has 4 heterocycles. The minimum Gasteiger partial charge on any atom is -0.494 e. The number of amides is 3. The van der Waals surface area contributed by atoms with E-state index in [9.17, 15) is 19.5 Å². The molecule has 9 nitrogen and oxygen atoms in total. The fraction of sp³-hybridized carbons (Fsp3) is 0.441. The summed E-state index contributed by atoms with van der Waals surface area (Å²) in [4.78, 5) is 48.5. The first-order valence-electron chi connectivity index (χ1n) is 15.3. The van der Waals surface area contributed by atoms with Crippen molar-refractivity contribution in [1.29, 1.82) is 0 Å². The zero-order chi connectivity index (χ0) is 30.1. The van der Waals surface area contributed by atoms with Crippen molar-refractivity contribution < 1.29 is 29.0 Å². The number of ether oxygens (including phenoxy) is 2. The molecule has 43 heavy (non-hydrogen) atoms. The Labute approximate surface area is 252 Å². The van der Waals surface area contributed by atoms with Gasteiger partial charge in [0.15, 0.2) is 0 Å². The van der Waals surface area contributed by atoms with Gasteiger partial charge in [-0.1, -0.05) is 68.0 Å². The second-order valence-corrected chi connectivity index (χ2v) is 11.5. The highest BCUT2D eigenvalue weighted by Gasteiger charge is 2.72. The molecular formula is C34H39N3O6. The van der Waals surface area contributed by atoms with Crippen molar-refractivity contribution in [3.8, 4) is 5.75 Å². The minimum atomic E-state index is -1.35. The van der Waals surface area contributed by atoms with Gasteiger partial charge in [-0.15, -0.1) is 0 Å². The molecule has 1 spiro atoms. The number of likely N-dealkylation sites (tertiary alicyclic amines) is 1. The first-order valence-corrected chi connectivity index (χ1v) is 15.3. The lowest BCUT2D eigenvalue weighted by atomic mass is 9.77. The van der Waals surface area contributed by atoms with E-state index in [-0.39, 0.29) is 24.3 Å². The Hall–Kier alpha value is -3.95. The van der Waals surface area contributed by atoms with Crippen molar-refractivity contribution in [1.82, 2.24) is 9.80 Å². The molecule has 6 rings (SSSR count). The van der Waals surface area contributed by atoms with Gasteiger partial charge >= 0.3 is 0 Å². The third-order valence-electron chi connectivity index (χ3n) is 9.11. The number of carbonyl (C=O) groups excluding carboxylic acids is 3. The topological polar surface area (TPSA) is 99.6 Å². The number of aliphatic hydroxyl groups is 1. The summed E-state index contributed by atoms with van der Waals surface area (Å²) in [6.45, 7) is 5.41. The van der Waals surface area contributed by atoms with Crippen molar-refractivity contribution in [2.45, 2.75) is 50.5 Å². The van der Waals surface area contributed by atoms with Gasteiger partial charge in [0, 0.05) is 25.3 Å². The number of anilines is 1. The Morgan fingerprint density at radius 3 is 2.44 bits per heavy atom. The summed E-state index contributed by atoms with van der Waals surface area (Å²) in [5.74, 6) is -1.89. The van der Waals surface area contributed by atoms with Crippen LogP contribution in [-0.2, 0) is 19.1 Å². The van der Waals surface area contributed by atoms with Gasteiger partial charge in [-0.25, -0.2) is 0 Å². The largest absolute Gasteiger partial charge is 0.494 e. The van der Waals surface area contributed by atoms with Crippen LogP contribution < -0.4 is 9.64 Å². The molecule has 6 atom stereocenters. The molecule has 4 aliphatic heterocycles. The lowest BCUT2D eigenvalue weighted by molar-refractivity contribution is -0.150. The van der Waals surface area contributed by atoms with E-state index in [1.165, 1.54) is 4.90 Å². The Morgan fingerprint density at radius 2 is 1.74 bits per heavy atom. The summed E-state index contributed by atoms with van der Waals surface area (Å²) < 4.78 is 12.4. The highest BCUT2D eigenvalue weighted by Crippen LogP contribution is 2.55. The standard InChI is InChI=1S/C34H39N3O6/c1-3-5-19-35-20-10-18-34-29(32(40)37(30(34)33(35)41)26(22-38)23-11-7-6-8-12-23)28-27(43-34)13-9-21-36(31(28)39)24-14-16-25(17-15-24)42-4-2/h6-18,26-30,38H,3-5,19-22H2,1-2H3/t26-,27+,28-,29+,30?,34+/m1/s1. The van der Waals surface area contributed by atoms with E-state index < -0.39 is 35.6 Å². The maximum atomic E-state index is 14.7. The van der Waals surface area contributed by atoms with Crippen molar-refractivity contribution in [2.75, 3.05) is 37.7 Å². The molecule has 0 bridgehead atoms. The van der Waals surface area contributed by atoms with Gasteiger partial charge in [0.2, 0.25) is 17.7 Å². The first kappa shape index (κ1) is 29.1. The molecule has 2 saturated heterocycles. The van der Waals surface area contributed by atoms with Gasteiger partial charge < -0.3 is 29.3 Å². The number of aliphatic hydroxyl groups excluding tert-OH is 1. The highest BCUT2D eigenvalue weighted by molar-refractivity contribution is 6.04. The van der Waals surface area contributed by atoms with Crippen LogP contribution in [0.1, 0.15) is 38.3 Å². The van der Waals surface area contributed by atoms with Crippen molar-refractivity contribution in [2.24, 2.45) is 11.8 Å². The average molecular weight is 586 g/mol. The van der Waals surface area contributed by atoms with Gasteiger partial charge in [-0.05, 0) is 43.2 Å². The molecule has 0 aromatic heterocycles. The molecule has 3 amide bonds. The van der Waals surface area contributed by atoms with Crippen molar-refractivity contribution >= 4 is 23.4 Å². The highest BCUT2D eigenvalue weighted by atomic mass is 16.5. The Morgan fingerprint density at radius 1 is 0.977 bits per heavy atom. The predicted molar refractivity (Wildman–Crippen MR) is 161 cm³/mol. The Balaban J connectivity index is 1.43. The van der Waals surface area contributed by atoms with E-state index in [0.717, 1.165) is 12.8 Å².